The lowest BCUT2D eigenvalue weighted by molar-refractivity contribution is -0.143. The van der Waals surface area contributed by atoms with Crippen LogP contribution in [-0.2, 0) is 9.53 Å². The van der Waals surface area contributed by atoms with Crippen molar-refractivity contribution < 1.29 is 9.53 Å². The second-order valence-corrected chi connectivity index (χ2v) is 4.73. The Labute approximate surface area is 91.0 Å². The molecule has 0 amide bonds. The average Bonchev–Trinajstić information content (AvgIpc) is 2.19. The maximum absolute atomic E-state index is 11.0. The number of ether oxygens (including phenoxy) is 1. The largest absolute Gasteiger partial charge is 0.465 e. The Bertz CT molecular complexity index is 174. The lowest BCUT2D eigenvalue weighted by Gasteiger charge is -2.21. The van der Waals surface area contributed by atoms with Crippen LogP contribution in [0.25, 0.3) is 0 Å². The summed E-state index contributed by atoms with van der Waals surface area (Å²) in [6.07, 6.45) is 7.65. The molecule has 3 heteroatoms. The van der Waals surface area contributed by atoms with Crippen LogP contribution in [0.5, 0.6) is 0 Å². The van der Waals surface area contributed by atoms with Crippen molar-refractivity contribution >= 4 is 17.6 Å². The lowest BCUT2D eigenvalue weighted by Crippen LogP contribution is -2.17. The molecule has 0 aromatic heterocycles. The van der Waals surface area contributed by atoms with Crippen LogP contribution in [-0.4, -0.2) is 18.0 Å². The zero-order chi connectivity index (χ0) is 10.4. The van der Waals surface area contributed by atoms with E-state index in [2.05, 4.69) is 0 Å². The van der Waals surface area contributed by atoms with Crippen LogP contribution in [0.2, 0.25) is 0 Å². The average molecular weight is 219 g/mol. The van der Waals surface area contributed by atoms with Crippen molar-refractivity contribution in [2.24, 2.45) is 5.92 Å². The van der Waals surface area contributed by atoms with Gasteiger partial charge in [-0.1, -0.05) is 32.1 Å². The SMILES string of the molecule is CC(Cl)C(=O)OCCC1CCCCC1. The Hall–Kier alpha value is -0.240. The highest BCUT2D eigenvalue weighted by Crippen LogP contribution is 2.26. The molecule has 1 saturated carbocycles. The third-order valence-electron chi connectivity index (χ3n) is 2.82. The monoisotopic (exact) mass is 218 g/mol. The molecule has 0 N–H and O–H groups in total. The van der Waals surface area contributed by atoms with Crippen LogP contribution < -0.4 is 0 Å². The van der Waals surface area contributed by atoms with Gasteiger partial charge < -0.3 is 4.74 Å². The lowest BCUT2D eigenvalue weighted by atomic mass is 9.87. The maximum atomic E-state index is 11.0. The predicted octanol–water partition coefficient (Wildman–Crippen LogP) is 3.13. The van der Waals surface area contributed by atoms with E-state index < -0.39 is 5.38 Å². The van der Waals surface area contributed by atoms with E-state index in [-0.39, 0.29) is 5.97 Å². The standard InChI is InChI=1S/C11H19ClO2/c1-9(12)11(13)14-8-7-10-5-3-2-4-6-10/h9-10H,2-8H2,1H3. The van der Waals surface area contributed by atoms with E-state index >= 15 is 0 Å². The maximum Gasteiger partial charge on any atom is 0.323 e. The minimum absolute atomic E-state index is 0.289. The molecule has 0 heterocycles. The second kappa shape index (κ2) is 6.28. The van der Waals surface area contributed by atoms with Gasteiger partial charge in [0, 0.05) is 0 Å². The van der Waals surface area contributed by atoms with Crippen molar-refractivity contribution in [3.8, 4) is 0 Å². The smallest absolute Gasteiger partial charge is 0.323 e. The first-order valence-corrected chi connectivity index (χ1v) is 5.94. The van der Waals surface area contributed by atoms with Crippen LogP contribution in [0, 0.1) is 5.92 Å². The molecule has 0 aromatic carbocycles. The van der Waals surface area contributed by atoms with Gasteiger partial charge in [-0.25, -0.2) is 0 Å². The molecule has 2 nitrogen and oxygen atoms in total. The first-order valence-electron chi connectivity index (χ1n) is 5.51. The number of hydrogen-bond donors (Lipinski definition) is 0. The molecular weight excluding hydrogens is 200 g/mol. The van der Waals surface area contributed by atoms with Gasteiger partial charge in [0.25, 0.3) is 0 Å². The summed E-state index contributed by atoms with van der Waals surface area (Å²) in [5.41, 5.74) is 0. The zero-order valence-corrected chi connectivity index (χ0v) is 9.55. The van der Waals surface area contributed by atoms with E-state index in [1.807, 2.05) is 0 Å². The van der Waals surface area contributed by atoms with Gasteiger partial charge in [0.15, 0.2) is 0 Å². The molecule has 0 radical (unpaired) electrons. The summed E-state index contributed by atoms with van der Waals surface area (Å²) < 4.78 is 5.04. The zero-order valence-electron chi connectivity index (χ0n) is 8.80. The molecule has 1 unspecified atom stereocenters. The second-order valence-electron chi connectivity index (χ2n) is 4.08. The molecule has 14 heavy (non-hydrogen) atoms. The molecule has 1 fully saturated rings. The first kappa shape index (κ1) is 11.8. The Morgan fingerprint density at radius 3 is 2.64 bits per heavy atom. The number of esters is 1. The highest BCUT2D eigenvalue weighted by molar-refractivity contribution is 6.29. The van der Waals surface area contributed by atoms with E-state index in [4.69, 9.17) is 16.3 Å². The summed E-state index contributed by atoms with van der Waals surface area (Å²) in [6, 6.07) is 0. The molecule has 0 aliphatic heterocycles. The van der Waals surface area contributed by atoms with E-state index in [1.165, 1.54) is 32.1 Å². The number of carbonyl (C=O) groups is 1. The summed E-state index contributed by atoms with van der Waals surface area (Å²) in [4.78, 5) is 11.0. The predicted molar refractivity (Wildman–Crippen MR) is 57.5 cm³/mol. The van der Waals surface area contributed by atoms with Crippen molar-refractivity contribution in [3.63, 3.8) is 0 Å². The molecule has 0 spiro atoms. The molecule has 0 aromatic rings. The quantitative estimate of drug-likeness (QED) is 0.535. The fraction of sp³-hybridized carbons (Fsp3) is 0.909. The molecule has 1 aliphatic rings. The summed E-state index contributed by atoms with van der Waals surface area (Å²) in [7, 11) is 0. The number of rotatable bonds is 4. The number of hydrogen-bond acceptors (Lipinski definition) is 2. The van der Waals surface area contributed by atoms with Gasteiger partial charge in [-0.3, -0.25) is 4.79 Å². The minimum atomic E-state index is -0.513. The van der Waals surface area contributed by atoms with Crippen molar-refractivity contribution in [2.45, 2.75) is 50.8 Å². The number of carbonyl (C=O) groups excluding carboxylic acids is 1. The van der Waals surface area contributed by atoms with Gasteiger partial charge in [-0.15, -0.1) is 11.6 Å². The van der Waals surface area contributed by atoms with Crippen LogP contribution in [0.15, 0.2) is 0 Å². The molecule has 82 valence electrons. The minimum Gasteiger partial charge on any atom is -0.465 e. The van der Waals surface area contributed by atoms with Crippen LogP contribution in [0.1, 0.15) is 45.4 Å². The van der Waals surface area contributed by atoms with E-state index in [1.54, 1.807) is 6.92 Å². The number of alkyl halides is 1. The summed E-state index contributed by atoms with van der Waals surface area (Å²) >= 11 is 5.58. The van der Waals surface area contributed by atoms with Gasteiger partial charge in [0.1, 0.15) is 5.38 Å². The molecule has 1 aliphatic carbocycles. The Morgan fingerprint density at radius 2 is 2.07 bits per heavy atom. The molecule has 0 saturated heterocycles. The highest BCUT2D eigenvalue weighted by atomic mass is 35.5. The molecule has 0 bridgehead atoms. The molecular formula is C11H19ClO2. The number of halogens is 1. The Balaban J connectivity index is 2.05. The van der Waals surface area contributed by atoms with Crippen LogP contribution in [0.3, 0.4) is 0 Å². The van der Waals surface area contributed by atoms with Crippen LogP contribution in [0.4, 0.5) is 0 Å². The Morgan fingerprint density at radius 1 is 1.43 bits per heavy atom. The fourth-order valence-corrected chi connectivity index (χ4v) is 1.98. The summed E-state index contributed by atoms with van der Waals surface area (Å²) in [5.74, 6) is 0.477. The van der Waals surface area contributed by atoms with Gasteiger partial charge >= 0.3 is 5.97 Å². The van der Waals surface area contributed by atoms with E-state index in [0.29, 0.717) is 6.61 Å². The molecule has 1 atom stereocenters. The van der Waals surface area contributed by atoms with Gasteiger partial charge in [0.05, 0.1) is 6.61 Å². The van der Waals surface area contributed by atoms with Crippen molar-refractivity contribution in [3.05, 3.63) is 0 Å². The van der Waals surface area contributed by atoms with Crippen molar-refractivity contribution in [1.29, 1.82) is 0 Å². The first-order chi connectivity index (χ1) is 6.70. The normalized spacial score (nSPS) is 20.4. The van der Waals surface area contributed by atoms with Gasteiger partial charge in [-0.05, 0) is 19.3 Å². The van der Waals surface area contributed by atoms with Crippen molar-refractivity contribution in [2.75, 3.05) is 6.61 Å². The summed E-state index contributed by atoms with van der Waals surface area (Å²) in [6.45, 7) is 2.19. The fourth-order valence-electron chi connectivity index (χ4n) is 1.92. The van der Waals surface area contributed by atoms with E-state index in [0.717, 1.165) is 12.3 Å². The third kappa shape index (κ3) is 4.32. The third-order valence-corrected chi connectivity index (χ3v) is 3.00. The van der Waals surface area contributed by atoms with E-state index in [9.17, 15) is 4.79 Å². The van der Waals surface area contributed by atoms with Gasteiger partial charge in [-0.2, -0.15) is 0 Å². The molecule has 1 rings (SSSR count). The van der Waals surface area contributed by atoms with Gasteiger partial charge in [0.2, 0.25) is 0 Å². The Kier molecular flexibility index (Phi) is 5.31. The highest BCUT2D eigenvalue weighted by Gasteiger charge is 2.15. The van der Waals surface area contributed by atoms with Crippen molar-refractivity contribution in [1.82, 2.24) is 0 Å². The van der Waals surface area contributed by atoms with Crippen LogP contribution >= 0.6 is 11.6 Å². The summed E-state index contributed by atoms with van der Waals surface area (Å²) in [5, 5.41) is -0.513. The topological polar surface area (TPSA) is 26.3 Å².